The third-order valence-electron chi connectivity index (χ3n) is 13.7. The minimum atomic E-state index is -4.53. The van der Waals surface area contributed by atoms with Gasteiger partial charge >= 0.3 is 10.1 Å². The number of hydrogen-bond acceptors (Lipinski definition) is 5. The normalized spacial score (nSPS) is 34.4. The molecule has 9 atom stereocenters. The van der Waals surface area contributed by atoms with Crippen molar-refractivity contribution >= 4 is 20.2 Å². The lowest BCUT2D eigenvalue weighted by molar-refractivity contribution is 0.392. The van der Waals surface area contributed by atoms with Gasteiger partial charge in [0.05, 0.1) is 0 Å². The first-order chi connectivity index (χ1) is 22.3. The van der Waals surface area contributed by atoms with Gasteiger partial charge in [-0.25, -0.2) is 0 Å². The average Bonchev–Trinajstić information content (AvgIpc) is 3.87. The quantitative estimate of drug-likeness (QED) is 0.209. The molecular weight excluding hydrogens is 629 g/mol. The monoisotopic (exact) mass is 680 g/mol. The summed E-state index contributed by atoms with van der Waals surface area (Å²) in [4.78, 5) is 0.295. The zero-order chi connectivity index (χ0) is 33.0. The SMILES string of the molecule is CC(C)c1cc(OS(=O)(=O)c2c(C3CC4CCC3C4)cc(C3CC4CCC3C4)cc2[C@@H]2CC3CCC2C3)cc(C(C)C)c1S(=O)(=O)O. The maximum atomic E-state index is 15.0. The second-order valence-corrected chi connectivity index (χ2v) is 20.0. The largest absolute Gasteiger partial charge is 0.379 e. The van der Waals surface area contributed by atoms with Gasteiger partial charge in [0, 0.05) is 0 Å². The van der Waals surface area contributed by atoms with E-state index in [2.05, 4.69) is 12.1 Å². The van der Waals surface area contributed by atoms with Crippen LogP contribution in [0.25, 0.3) is 0 Å². The highest BCUT2D eigenvalue weighted by Gasteiger charge is 2.48. The van der Waals surface area contributed by atoms with Gasteiger partial charge in [0.2, 0.25) is 0 Å². The Labute approximate surface area is 282 Å². The van der Waals surface area contributed by atoms with Gasteiger partial charge in [-0.05, 0) is 163 Å². The molecule has 0 radical (unpaired) electrons. The van der Waals surface area contributed by atoms with Crippen LogP contribution in [0, 0.1) is 35.5 Å². The highest BCUT2D eigenvalue weighted by atomic mass is 32.2. The van der Waals surface area contributed by atoms with E-state index >= 15 is 0 Å². The summed E-state index contributed by atoms with van der Waals surface area (Å²) < 4.78 is 71.6. The maximum Gasteiger partial charge on any atom is 0.339 e. The molecule has 6 nitrogen and oxygen atoms in total. The zero-order valence-electron chi connectivity index (χ0n) is 28.5. The van der Waals surface area contributed by atoms with Crippen LogP contribution in [0.2, 0.25) is 0 Å². The lowest BCUT2D eigenvalue weighted by Crippen LogP contribution is -2.23. The van der Waals surface area contributed by atoms with Crippen molar-refractivity contribution in [2.45, 2.75) is 144 Å². The average molecular weight is 681 g/mol. The van der Waals surface area contributed by atoms with Crippen molar-refractivity contribution in [2.75, 3.05) is 0 Å². The fourth-order valence-corrected chi connectivity index (χ4v) is 14.3. The molecule has 6 fully saturated rings. The lowest BCUT2D eigenvalue weighted by atomic mass is 9.75. The Kier molecular flexibility index (Phi) is 7.96. The number of benzene rings is 2. The summed E-state index contributed by atoms with van der Waals surface area (Å²) in [6, 6.07) is 7.69. The molecule has 6 bridgehead atoms. The van der Waals surface area contributed by atoms with Gasteiger partial charge in [-0.1, -0.05) is 59.1 Å². The number of fused-ring (bicyclic) bond motifs is 6. The van der Waals surface area contributed by atoms with E-state index in [1.54, 1.807) is 0 Å². The molecule has 0 heterocycles. The van der Waals surface area contributed by atoms with Crippen molar-refractivity contribution < 1.29 is 25.6 Å². The second-order valence-electron chi connectivity index (χ2n) is 17.1. The molecule has 6 aliphatic carbocycles. The van der Waals surface area contributed by atoms with Crippen molar-refractivity contribution in [1.29, 1.82) is 0 Å². The third kappa shape index (κ3) is 5.60. The van der Waals surface area contributed by atoms with E-state index in [0.717, 1.165) is 29.9 Å². The first kappa shape index (κ1) is 32.3. The van der Waals surface area contributed by atoms with E-state index in [9.17, 15) is 21.4 Å². The summed E-state index contributed by atoms with van der Waals surface area (Å²) >= 11 is 0. The molecule has 6 saturated carbocycles. The molecule has 47 heavy (non-hydrogen) atoms. The zero-order valence-corrected chi connectivity index (χ0v) is 30.1. The van der Waals surface area contributed by atoms with Crippen LogP contribution in [0.15, 0.2) is 34.1 Å². The predicted molar refractivity (Wildman–Crippen MR) is 183 cm³/mol. The van der Waals surface area contributed by atoms with Gasteiger partial charge in [0.1, 0.15) is 15.5 Å². The molecule has 8 rings (SSSR count). The van der Waals surface area contributed by atoms with E-state index in [-0.39, 0.29) is 34.3 Å². The molecule has 0 amide bonds. The highest BCUT2D eigenvalue weighted by Crippen LogP contribution is 2.60. The van der Waals surface area contributed by atoms with E-state index < -0.39 is 20.2 Å². The van der Waals surface area contributed by atoms with Crippen LogP contribution < -0.4 is 4.18 Å². The molecule has 0 aromatic heterocycles. The van der Waals surface area contributed by atoms with Gasteiger partial charge in [-0.3, -0.25) is 4.55 Å². The van der Waals surface area contributed by atoms with Crippen LogP contribution in [0.5, 0.6) is 5.75 Å². The van der Waals surface area contributed by atoms with E-state index in [0.29, 0.717) is 51.5 Å². The molecule has 8 unspecified atom stereocenters. The smallest absolute Gasteiger partial charge is 0.339 e. The summed E-state index contributed by atoms with van der Waals surface area (Å²) in [5.74, 6) is 4.48. The third-order valence-corrected chi connectivity index (χ3v) is 16.1. The Morgan fingerprint density at radius 3 is 1.36 bits per heavy atom. The summed E-state index contributed by atoms with van der Waals surface area (Å²) in [5, 5.41) is 0. The Bertz CT molecular complexity index is 1710. The van der Waals surface area contributed by atoms with Gasteiger partial charge in [-0.15, -0.1) is 0 Å². The Balaban J connectivity index is 1.30. The minimum absolute atomic E-state index is 0.125. The van der Waals surface area contributed by atoms with E-state index in [1.165, 1.54) is 81.9 Å². The fourth-order valence-electron chi connectivity index (χ4n) is 11.7. The molecule has 256 valence electrons. The van der Waals surface area contributed by atoms with Crippen LogP contribution in [0.1, 0.15) is 162 Å². The summed E-state index contributed by atoms with van der Waals surface area (Å²) in [5.41, 5.74) is 4.15. The van der Waals surface area contributed by atoms with Gasteiger partial charge in [0.25, 0.3) is 10.1 Å². The van der Waals surface area contributed by atoms with E-state index in [1.807, 2.05) is 27.7 Å². The highest BCUT2D eigenvalue weighted by molar-refractivity contribution is 7.87. The van der Waals surface area contributed by atoms with Crippen molar-refractivity contribution in [3.8, 4) is 5.75 Å². The fraction of sp³-hybridized carbons (Fsp3) is 0.692. The molecular formula is C39H52O6S2. The Morgan fingerprint density at radius 2 is 1.02 bits per heavy atom. The predicted octanol–water partition coefficient (Wildman–Crippen LogP) is 9.66. The minimum Gasteiger partial charge on any atom is -0.379 e. The van der Waals surface area contributed by atoms with Crippen molar-refractivity contribution in [2.24, 2.45) is 35.5 Å². The van der Waals surface area contributed by atoms with Crippen LogP contribution >= 0.6 is 0 Å². The molecule has 0 spiro atoms. The van der Waals surface area contributed by atoms with Crippen molar-refractivity contribution in [1.82, 2.24) is 0 Å². The van der Waals surface area contributed by atoms with Gasteiger partial charge in [0.15, 0.2) is 0 Å². The number of rotatable bonds is 9. The summed E-state index contributed by atoms with van der Waals surface area (Å²) in [6.45, 7) is 7.39. The molecule has 1 N–H and O–H groups in total. The topological polar surface area (TPSA) is 97.7 Å². The number of hydrogen-bond donors (Lipinski definition) is 1. The Hall–Kier alpha value is -1.90. The van der Waals surface area contributed by atoms with Crippen LogP contribution in [0.3, 0.4) is 0 Å². The van der Waals surface area contributed by atoms with Crippen molar-refractivity contribution in [3.05, 3.63) is 52.1 Å². The van der Waals surface area contributed by atoms with Crippen LogP contribution in [-0.4, -0.2) is 21.4 Å². The summed E-state index contributed by atoms with van der Waals surface area (Å²) in [6.07, 6.45) is 14.5. The van der Waals surface area contributed by atoms with Gasteiger partial charge in [-0.2, -0.15) is 16.8 Å². The van der Waals surface area contributed by atoms with E-state index in [4.69, 9.17) is 4.18 Å². The van der Waals surface area contributed by atoms with Gasteiger partial charge < -0.3 is 4.18 Å². The molecule has 2 aromatic rings. The van der Waals surface area contributed by atoms with Crippen molar-refractivity contribution in [3.63, 3.8) is 0 Å². The molecule has 0 aliphatic heterocycles. The molecule has 6 aliphatic rings. The molecule has 2 aromatic carbocycles. The first-order valence-corrected chi connectivity index (χ1v) is 21.4. The maximum absolute atomic E-state index is 15.0. The molecule has 0 saturated heterocycles. The second kappa shape index (κ2) is 11.6. The lowest BCUT2D eigenvalue weighted by Gasteiger charge is -2.32. The van der Waals surface area contributed by atoms with Crippen LogP contribution in [-0.2, 0) is 20.2 Å². The Morgan fingerprint density at radius 1 is 0.596 bits per heavy atom. The molecule has 8 heteroatoms. The van der Waals surface area contributed by atoms with Crippen LogP contribution in [0.4, 0.5) is 0 Å². The first-order valence-electron chi connectivity index (χ1n) is 18.5. The summed E-state index contributed by atoms with van der Waals surface area (Å²) in [7, 11) is -8.81. The standard InChI is InChI=1S/C39H52O6S2/c1-21(2)31-19-30(20-32(22(3)4)38(31)46(40,41)42)45-47(43,44)39-36(34-15-24-6-9-27(34)12-24)17-29(33-14-23-5-8-26(33)11-23)18-37(39)35-16-25-7-10-28(35)13-25/h17-28,33-35H,5-16H2,1-4H3,(H,40,41,42)/t23?,24?,25?,26?,27?,28?,33?,34-,35?/m1/s1.